The summed E-state index contributed by atoms with van der Waals surface area (Å²) in [5.41, 5.74) is 1.37. The first-order chi connectivity index (χ1) is 12.8. The molecule has 0 saturated heterocycles. The third kappa shape index (κ3) is 4.24. The quantitative estimate of drug-likeness (QED) is 0.420. The van der Waals surface area contributed by atoms with E-state index in [1.165, 1.54) is 18.5 Å². The van der Waals surface area contributed by atoms with E-state index in [2.05, 4.69) is 20.6 Å². The molecule has 0 radical (unpaired) electrons. The van der Waals surface area contributed by atoms with E-state index in [1.54, 1.807) is 25.1 Å². The molecule has 2 aromatic carbocycles. The molecule has 0 saturated carbocycles. The third-order valence-electron chi connectivity index (χ3n) is 3.63. The number of halogens is 3. The molecule has 0 aliphatic carbocycles. The van der Waals surface area contributed by atoms with Crippen LogP contribution in [0.5, 0.6) is 0 Å². The SMILES string of the molecule is Cc1cc(Cl)ccc1Nc1ncnc(Nc2ccc(F)c(Cl)c2)c1[N+](=O)[O-]. The topological polar surface area (TPSA) is 93.0 Å². The number of hydrogen-bond acceptors (Lipinski definition) is 6. The first kappa shape index (κ1) is 18.8. The second-order valence-corrected chi connectivity index (χ2v) is 6.36. The van der Waals surface area contributed by atoms with E-state index in [0.717, 1.165) is 11.6 Å². The summed E-state index contributed by atoms with van der Waals surface area (Å²) in [6.45, 7) is 1.81. The lowest BCUT2D eigenvalue weighted by atomic mass is 10.2. The Hall–Kier alpha value is -2.97. The molecule has 27 heavy (non-hydrogen) atoms. The van der Waals surface area contributed by atoms with E-state index in [1.807, 2.05) is 0 Å². The van der Waals surface area contributed by atoms with E-state index in [4.69, 9.17) is 23.2 Å². The van der Waals surface area contributed by atoms with Gasteiger partial charge in [0, 0.05) is 16.4 Å². The van der Waals surface area contributed by atoms with Crippen molar-refractivity contribution >= 4 is 51.9 Å². The lowest BCUT2D eigenvalue weighted by Gasteiger charge is -2.12. The number of hydrogen-bond donors (Lipinski definition) is 2. The zero-order valence-corrected chi connectivity index (χ0v) is 15.3. The van der Waals surface area contributed by atoms with Crippen LogP contribution in [0.2, 0.25) is 10.0 Å². The summed E-state index contributed by atoms with van der Waals surface area (Å²) in [4.78, 5) is 18.9. The van der Waals surface area contributed by atoms with Crippen LogP contribution in [0.4, 0.5) is 33.1 Å². The number of nitro groups is 1. The van der Waals surface area contributed by atoms with Crippen molar-refractivity contribution in [3.63, 3.8) is 0 Å². The Morgan fingerprint density at radius 1 is 1.07 bits per heavy atom. The molecule has 0 fully saturated rings. The van der Waals surface area contributed by atoms with E-state index < -0.39 is 10.7 Å². The van der Waals surface area contributed by atoms with Gasteiger partial charge in [-0.25, -0.2) is 14.4 Å². The molecule has 138 valence electrons. The van der Waals surface area contributed by atoms with Gasteiger partial charge >= 0.3 is 5.69 Å². The molecule has 7 nitrogen and oxygen atoms in total. The molecular weight excluding hydrogens is 396 g/mol. The molecule has 2 N–H and O–H groups in total. The number of aryl methyl sites for hydroxylation is 1. The van der Waals surface area contributed by atoms with Crippen molar-refractivity contribution in [3.05, 3.63) is 74.3 Å². The largest absolute Gasteiger partial charge is 0.353 e. The Bertz CT molecular complexity index is 1030. The number of rotatable bonds is 5. The van der Waals surface area contributed by atoms with Crippen LogP contribution in [0.1, 0.15) is 5.56 Å². The zero-order valence-electron chi connectivity index (χ0n) is 13.8. The predicted octanol–water partition coefficient (Wildman–Crippen LogP) is 5.63. The first-order valence-corrected chi connectivity index (χ1v) is 8.35. The number of anilines is 4. The third-order valence-corrected chi connectivity index (χ3v) is 4.15. The van der Waals surface area contributed by atoms with Crippen molar-refractivity contribution < 1.29 is 9.31 Å². The second-order valence-electron chi connectivity index (χ2n) is 5.51. The molecular formula is C17H12Cl2FN5O2. The Morgan fingerprint density at radius 2 is 1.78 bits per heavy atom. The fourth-order valence-corrected chi connectivity index (χ4v) is 2.75. The van der Waals surface area contributed by atoms with E-state index in [9.17, 15) is 14.5 Å². The monoisotopic (exact) mass is 407 g/mol. The van der Waals surface area contributed by atoms with Gasteiger partial charge in [-0.2, -0.15) is 0 Å². The second kappa shape index (κ2) is 7.73. The van der Waals surface area contributed by atoms with Crippen LogP contribution in [0, 0.1) is 22.9 Å². The van der Waals surface area contributed by atoms with Crippen LogP contribution in [0.15, 0.2) is 42.7 Å². The van der Waals surface area contributed by atoms with Crippen molar-refractivity contribution in [2.75, 3.05) is 10.6 Å². The van der Waals surface area contributed by atoms with Gasteiger partial charge in [0.25, 0.3) is 0 Å². The van der Waals surface area contributed by atoms with Crippen molar-refractivity contribution in [3.8, 4) is 0 Å². The van der Waals surface area contributed by atoms with Crippen LogP contribution in [0.3, 0.4) is 0 Å². The highest BCUT2D eigenvalue weighted by atomic mass is 35.5. The maximum Gasteiger partial charge on any atom is 0.353 e. The van der Waals surface area contributed by atoms with Crippen molar-refractivity contribution in [1.29, 1.82) is 0 Å². The summed E-state index contributed by atoms with van der Waals surface area (Å²) >= 11 is 11.7. The molecule has 0 aliphatic heterocycles. The molecule has 3 aromatic rings. The fraction of sp³-hybridized carbons (Fsp3) is 0.0588. The minimum absolute atomic E-state index is 0.00358. The van der Waals surface area contributed by atoms with Crippen LogP contribution >= 0.6 is 23.2 Å². The summed E-state index contributed by atoms with van der Waals surface area (Å²) in [5, 5.41) is 17.7. The average molecular weight is 408 g/mol. The maximum atomic E-state index is 13.3. The van der Waals surface area contributed by atoms with Gasteiger partial charge in [0.15, 0.2) is 0 Å². The number of benzene rings is 2. The number of aromatic nitrogens is 2. The number of nitrogens with one attached hydrogen (secondary N) is 2. The van der Waals surface area contributed by atoms with Crippen molar-refractivity contribution in [2.24, 2.45) is 0 Å². The summed E-state index contributed by atoms with van der Waals surface area (Å²) in [6, 6.07) is 8.91. The summed E-state index contributed by atoms with van der Waals surface area (Å²) in [7, 11) is 0. The first-order valence-electron chi connectivity index (χ1n) is 7.60. The molecule has 0 unspecified atom stereocenters. The van der Waals surface area contributed by atoms with E-state index in [0.29, 0.717) is 16.4 Å². The maximum absolute atomic E-state index is 13.3. The van der Waals surface area contributed by atoms with Crippen LogP contribution in [-0.4, -0.2) is 14.9 Å². The minimum atomic E-state index is -0.610. The van der Waals surface area contributed by atoms with E-state index >= 15 is 0 Å². The van der Waals surface area contributed by atoms with Gasteiger partial charge in [-0.3, -0.25) is 10.1 Å². The Morgan fingerprint density at radius 3 is 2.41 bits per heavy atom. The predicted molar refractivity (Wildman–Crippen MR) is 103 cm³/mol. The average Bonchev–Trinajstić information content (AvgIpc) is 2.60. The summed E-state index contributed by atoms with van der Waals surface area (Å²) < 4.78 is 13.3. The van der Waals surface area contributed by atoms with Crippen LogP contribution in [0.25, 0.3) is 0 Å². The highest BCUT2D eigenvalue weighted by Gasteiger charge is 2.24. The smallest absolute Gasteiger partial charge is 0.334 e. The summed E-state index contributed by atoms with van der Waals surface area (Å²) in [5.74, 6) is -0.664. The lowest BCUT2D eigenvalue weighted by molar-refractivity contribution is -0.383. The van der Waals surface area contributed by atoms with E-state index in [-0.39, 0.29) is 22.3 Å². The van der Waals surface area contributed by atoms with Gasteiger partial charge in [0.05, 0.1) is 9.95 Å². The molecule has 0 aliphatic rings. The Kier molecular flexibility index (Phi) is 5.38. The highest BCUT2D eigenvalue weighted by molar-refractivity contribution is 6.31. The van der Waals surface area contributed by atoms with Gasteiger partial charge in [-0.1, -0.05) is 23.2 Å². The number of nitrogens with zero attached hydrogens (tertiary/aromatic N) is 3. The molecule has 0 bridgehead atoms. The van der Waals surface area contributed by atoms with Gasteiger partial charge in [0.1, 0.15) is 12.1 Å². The van der Waals surface area contributed by atoms with Gasteiger partial charge in [-0.15, -0.1) is 0 Å². The minimum Gasteiger partial charge on any atom is -0.334 e. The van der Waals surface area contributed by atoms with Crippen molar-refractivity contribution in [1.82, 2.24) is 9.97 Å². The van der Waals surface area contributed by atoms with Gasteiger partial charge in [-0.05, 0) is 48.9 Å². The summed E-state index contributed by atoms with van der Waals surface area (Å²) in [6.07, 6.45) is 1.17. The fourth-order valence-electron chi connectivity index (χ4n) is 2.34. The lowest BCUT2D eigenvalue weighted by Crippen LogP contribution is -2.06. The molecule has 0 atom stereocenters. The molecule has 0 spiro atoms. The molecule has 3 rings (SSSR count). The van der Waals surface area contributed by atoms with Gasteiger partial charge < -0.3 is 10.6 Å². The Labute approximate surface area is 163 Å². The zero-order chi connectivity index (χ0) is 19.6. The molecule has 1 aromatic heterocycles. The normalized spacial score (nSPS) is 10.5. The van der Waals surface area contributed by atoms with Crippen LogP contribution < -0.4 is 10.6 Å². The molecule has 1 heterocycles. The molecule has 0 amide bonds. The standard InChI is InChI=1S/C17H12Cl2FN5O2/c1-9-6-10(18)2-5-14(9)24-17-15(25(26)27)16(21-8-22-17)23-11-3-4-13(20)12(19)7-11/h2-8H,1H3,(H2,21,22,23,24). The Balaban J connectivity index is 1.99. The highest BCUT2D eigenvalue weighted by Crippen LogP contribution is 2.34. The van der Waals surface area contributed by atoms with Crippen molar-refractivity contribution in [2.45, 2.75) is 6.92 Å². The molecule has 10 heteroatoms. The van der Waals surface area contributed by atoms with Crippen LogP contribution in [-0.2, 0) is 0 Å². The van der Waals surface area contributed by atoms with Gasteiger partial charge in [0.2, 0.25) is 11.6 Å².